The summed E-state index contributed by atoms with van der Waals surface area (Å²) in [5, 5.41) is 10.8. The third-order valence-electron chi connectivity index (χ3n) is 5.08. The summed E-state index contributed by atoms with van der Waals surface area (Å²) in [5.74, 6) is -0.178. The number of nitrogens with zero attached hydrogens (tertiary/aromatic N) is 3. The standard InChI is InChI=1S/C24H17F2N3O2/c25-17-7-3-6-16(11-17)22-14-29-23(20(27-22)12-15-5-1-2-9-19(15)26)28-21(24(29)30)13-18-8-4-10-31-18/h1-11,14,30H,12-13H2. The predicted molar refractivity (Wildman–Crippen MR) is 111 cm³/mol. The molecule has 1 N–H and O–H groups in total. The number of benzene rings is 2. The lowest BCUT2D eigenvalue weighted by Crippen LogP contribution is -2.02. The van der Waals surface area contributed by atoms with Crippen molar-refractivity contribution in [1.82, 2.24) is 14.4 Å². The van der Waals surface area contributed by atoms with E-state index in [0.717, 1.165) is 0 Å². The van der Waals surface area contributed by atoms with Crippen LogP contribution in [0.3, 0.4) is 0 Å². The lowest BCUT2D eigenvalue weighted by Gasteiger charge is -2.09. The van der Waals surface area contributed by atoms with Crippen LogP contribution in [0.2, 0.25) is 0 Å². The Morgan fingerprint density at radius 3 is 2.55 bits per heavy atom. The number of hydrogen-bond donors (Lipinski definition) is 1. The van der Waals surface area contributed by atoms with E-state index in [2.05, 4.69) is 9.97 Å². The second-order valence-corrected chi connectivity index (χ2v) is 7.18. The van der Waals surface area contributed by atoms with Crippen LogP contribution < -0.4 is 0 Å². The second-order valence-electron chi connectivity index (χ2n) is 7.18. The highest BCUT2D eigenvalue weighted by Crippen LogP contribution is 2.28. The molecular formula is C24H17F2N3O2. The van der Waals surface area contributed by atoms with Gasteiger partial charge in [-0.25, -0.2) is 18.7 Å². The Morgan fingerprint density at radius 1 is 0.903 bits per heavy atom. The lowest BCUT2D eigenvalue weighted by molar-refractivity contribution is 0.438. The van der Waals surface area contributed by atoms with E-state index in [1.165, 1.54) is 22.6 Å². The second kappa shape index (κ2) is 7.68. The fraction of sp³-hybridized carbons (Fsp3) is 0.0833. The number of furan rings is 1. The van der Waals surface area contributed by atoms with Crippen LogP contribution in [0.1, 0.15) is 22.7 Å². The molecule has 0 amide bonds. The molecule has 0 aliphatic carbocycles. The molecule has 3 aromatic heterocycles. The van der Waals surface area contributed by atoms with Gasteiger partial charge in [-0.05, 0) is 35.9 Å². The van der Waals surface area contributed by atoms with E-state index in [-0.39, 0.29) is 24.5 Å². The van der Waals surface area contributed by atoms with Gasteiger partial charge < -0.3 is 9.52 Å². The van der Waals surface area contributed by atoms with Crippen LogP contribution in [0.5, 0.6) is 5.88 Å². The van der Waals surface area contributed by atoms with Crippen molar-refractivity contribution in [3.8, 4) is 17.1 Å². The molecule has 0 bridgehead atoms. The van der Waals surface area contributed by atoms with Gasteiger partial charge in [0.25, 0.3) is 0 Å². The van der Waals surface area contributed by atoms with Gasteiger partial charge in [0, 0.05) is 18.2 Å². The average Bonchev–Trinajstić information content (AvgIpc) is 3.39. The summed E-state index contributed by atoms with van der Waals surface area (Å²) in [6.07, 6.45) is 3.60. The monoisotopic (exact) mass is 417 g/mol. The Bertz CT molecular complexity index is 1380. The highest BCUT2D eigenvalue weighted by molar-refractivity contribution is 5.63. The highest BCUT2D eigenvalue weighted by atomic mass is 19.1. The van der Waals surface area contributed by atoms with Crippen LogP contribution in [0.25, 0.3) is 16.9 Å². The predicted octanol–water partition coefficient (Wildman–Crippen LogP) is 5.15. The lowest BCUT2D eigenvalue weighted by atomic mass is 10.1. The zero-order valence-corrected chi connectivity index (χ0v) is 16.3. The van der Waals surface area contributed by atoms with Gasteiger partial charge in [0.2, 0.25) is 5.88 Å². The van der Waals surface area contributed by atoms with Crippen molar-refractivity contribution in [2.45, 2.75) is 12.8 Å². The van der Waals surface area contributed by atoms with Gasteiger partial charge in [0.15, 0.2) is 5.65 Å². The molecule has 0 saturated carbocycles. The molecule has 3 heterocycles. The van der Waals surface area contributed by atoms with Crippen molar-refractivity contribution in [1.29, 1.82) is 0 Å². The maximum absolute atomic E-state index is 14.3. The third kappa shape index (κ3) is 3.66. The smallest absolute Gasteiger partial charge is 0.219 e. The van der Waals surface area contributed by atoms with Crippen LogP contribution >= 0.6 is 0 Å². The van der Waals surface area contributed by atoms with Crippen molar-refractivity contribution in [2.75, 3.05) is 0 Å². The van der Waals surface area contributed by atoms with Crippen LogP contribution in [-0.4, -0.2) is 19.5 Å². The molecule has 0 aliphatic heterocycles. The van der Waals surface area contributed by atoms with Crippen molar-refractivity contribution in [3.05, 3.63) is 107 Å². The molecule has 154 valence electrons. The van der Waals surface area contributed by atoms with Crippen molar-refractivity contribution < 1.29 is 18.3 Å². The molecule has 31 heavy (non-hydrogen) atoms. The van der Waals surface area contributed by atoms with E-state index in [4.69, 9.17) is 4.42 Å². The molecule has 0 saturated heterocycles. The highest BCUT2D eigenvalue weighted by Gasteiger charge is 2.19. The quantitative estimate of drug-likeness (QED) is 0.429. The van der Waals surface area contributed by atoms with Crippen LogP contribution in [-0.2, 0) is 12.8 Å². The summed E-state index contributed by atoms with van der Waals surface area (Å²) in [6.45, 7) is 0. The molecule has 0 fully saturated rings. The summed E-state index contributed by atoms with van der Waals surface area (Å²) in [6, 6.07) is 16.0. The molecule has 0 radical (unpaired) electrons. The van der Waals surface area contributed by atoms with E-state index in [1.54, 1.807) is 54.9 Å². The summed E-state index contributed by atoms with van der Waals surface area (Å²) in [4.78, 5) is 9.21. The maximum Gasteiger partial charge on any atom is 0.219 e. The zero-order valence-electron chi connectivity index (χ0n) is 16.3. The van der Waals surface area contributed by atoms with Crippen LogP contribution in [0, 0.1) is 11.6 Å². The van der Waals surface area contributed by atoms with Gasteiger partial charge in [0.1, 0.15) is 23.1 Å². The van der Waals surface area contributed by atoms with E-state index in [0.29, 0.717) is 39.6 Å². The van der Waals surface area contributed by atoms with Gasteiger partial charge >= 0.3 is 0 Å². The Labute approximate surface area is 176 Å². The molecule has 0 aliphatic rings. The van der Waals surface area contributed by atoms with Crippen molar-refractivity contribution >= 4 is 5.65 Å². The molecule has 0 unspecified atom stereocenters. The topological polar surface area (TPSA) is 63.6 Å². The molecule has 5 rings (SSSR count). The zero-order chi connectivity index (χ0) is 21.4. The number of aromatic hydroxyl groups is 1. The van der Waals surface area contributed by atoms with Gasteiger partial charge in [-0.1, -0.05) is 30.3 Å². The minimum Gasteiger partial charge on any atom is -0.493 e. The molecular weight excluding hydrogens is 400 g/mol. The first kappa shape index (κ1) is 19.0. The SMILES string of the molecule is Oc1c(Cc2ccco2)nc2c(Cc3ccccc3F)nc(-c3cccc(F)c3)cn12. The van der Waals surface area contributed by atoms with E-state index < -0.39 is 5.82 Å². The van der Waals surface area contributed by atoms with E-state index in [1.807, 2.05) is 0 Å². The van der Waals surface area contributed by atoms with Crippen molar-refractivity contribution in [2.24, 2.45) is 0 Å². The van der Waals surface area contributed by atoms with E-state index >= 15 is 0 Å². The normalized spacial score (nSPS) is 11.3. The molecule has 0 atom stereocenters. The molecule has 0 spiro atoms. The Kier molecular flexibility index (Phi) is 4.71. The first-order valence-electron chi connectivity index (χ1n) is 9.70. The van der Waals surface area contributed by atoms with Gasteiger partial charge in [-0.15, -0.1) is 0 Å². The summed E-state index contributed by atoms with van der Waals surface area (Å²) in [7, 11) is 0. The number of imidazole rings is 1. The van der Waals surface area contributed by atoms with Crippen LogP contribution in [0.4, 0.5) is 8.78 Å². The van der Waals surface area contributed by atoms with E-state index in [9.17, 15) is 13.9 Å². The summed E-state index contributed by atoms with van der Waals surface area (Å²) >= 11 is 0. The fourth-order valence-electron chi connectivity index (χ4n) is 3.57. The van der Waals surface area contributed by atoms with Crippen LogP contribution in [0.15, 0.2) is 77.5 Å². The number of rotatable bonds is 5. The summed E-state index contributed by atoms with van der Waals surface area (Å²) < 4.78 is 35.0. The maximum atomic E-state index is 14.3. The Balaban J connectivity index is 1.68. The fourth-order valence-corrected chi connectivity index (χ4v) is 3.57. The van der Waals surface area contributed by atoms with Gasteiger partial charge in [-0.2, -0.15) is 0 Å². The van der Waals surface area contributed by atoms with Gasteiger partial charge in [-0.3, -0.25) is 4.40 Å². The van der Waals surface area contributed by atoms with Gasteiger partial charge in [0.05, 0.1) is 24.1 Å². The first-order chi connectivity index (χ1) is 15.1. The molecule has 5 aromatic rings. The molecule has 5 nitrogen and oxygen atoms in total. The first-order valence-corrected chi connectivity index (χ1v) is 9.70. The largest absolute Gasteiger partial charge is 0.493 e. The van der Waals surface area contributed by atoms with Crippen molar-refractivity contribution in [3.63, 3.8) is 0 Å². The molecule has 7 heteroatoms. The number of aromatic nitrogens is 3. The Morgan fingerprint density at radius 2 is 1.77 bits per heavy atom. The average molecular weight is 417 g/mol. The minimum absolute atomic E-state index is 0.0683. The number of hydrogen-bond acceptors (Lipinski definition) is 4. The minimum atomic E-state index is -0.400. The number of fused-ring (bicyclic) bond motifs is 1. The third-order valence-corrected chi connectivity index (χ3v) is 5.08. The Hall–Kier alpha value is -4.00. The molecule has 2 aromatic carbocycles. The summed E-state index contributed by atoms with van der Waals surface area (Å²) in [5.41, 5.74) is 2.70. The number of halogens is 2.